The zero-order valence-electron chi connectivity index (χ0n) is 13.2. The molecule has 0 fully saturated rings. The first-order valence-electron chi connectivity index (χ1n) is 6.89. The molecule has 0 heterocycles. The maximum absolute atomic E-state index is 12.2. The Hall–Kier alpha value is -3.02. The summed E-state index contributed by atoms with van der Waals surface area (Å²) in [4.78, 5) is 17.1. The van der Waals surface area contributed by atoms with Crippen molar-refractivity contribution in [2.24, 2.45) is 10.9 Å². The summed E-state index contributed by atoms with van der Waals surface area (Å²) >= 11 is 0. The van der Waals surface area contributed by atoms with Gasteiger partial charge in [0.2, 0.25) is 0 Å². The van der Waals surface area contributed by atoms with Crippen LogP contribution in [0.4, 0.5) is 0 Å². The highest BCUT2D eigenvalue weighted by molar-refractivity contribution is 5.98. The average molecular weight is 314 g/mol. The van der Waals surface area contributed by atoms with Crippen LogP contribution in [0.2, 0.25) is 0 Å². The molecule has 120 valence electrons. The van der Waals surface area contributed by atoms with Crippen LogP contribution < -0.4 is 15.2 Å². The second-order valence-electron chi connectivity index (χ2n) is 4.77. The van der Waals surface area contributed by atoms with E-state index in [0.717, 1.165) is 5.56 Å². The van der Waals surface area contributed by atoms with E-state index in [1.165, 1.54) is 14.2 Å². The smallest absolute Gasteiger partial charge is 0.369 e. The van der Waals surface area contributed by atoms with Gasteiger partial charge in [0.15, 0.2) is 17.3 Å². The van der Waals surface area contributed by atoms with Crippen molar-refractivity contribution in [1.82, 2.24) is 0 Å². The van der Waals surface area contributed by atoms with E-state index in [4.69, 9.17) is 20.0 Å². The summed E-state index contributed by atoms with van der Waals surface area (Å²) in [5.74, 6) is 0.141. The van der Waals surface area contributed by atoms with Gasteiger partial charge in [0.05, 0.1) is 14.2 Å². The molecular formula is C17H18N2O4. The summed E-state index contributed by atoms with van der Waals surface area (Å²) in [5.41, 5.74) is 7.74. The van der Waals surface area contributed by atoms with Gasteiger partial charge >= 0.3 is 5.97 Å². The molecule has 0 aromatic heterocycles. The van der Waals surface area contributed by atoms with Gasteiger partial charge in [0.1, 0.15) is 5.56 Å². The Morgan fingerprint density at radius 3 is 2.48 bits per heavy atom. The number of nitrogens with zero attached hydrogens (tertiary/aromatic N) is 1. The first-order chi connectivity index (χ1) is 11.1. The van der Waals surface area contributed by atoms with Crippen molar-refractivity contribution in [1.29, 1.82) is 0 Å². The Morgan fingerprint density at radius 1 is 1.09 bits per heavy atom. The molecule has 2 N–H and O–H groups in total. The first-order valence-corrected chi connectivity index (χ1v) is 6.89. The number of ether oxygens (including phenoxy) is 2. The molecule has 0 saturated carbocycles. The number of aryl methyl sites for hydroxylation is 1. The first kappa shape index (κ1) is 16.4. The average Bonchev–Trinajstić information content (AvgIpc) is 2.58. The van der Waals surface area contributed by atoms with Crippen molar-refractivity contribution in [2.75, 3.05) is 14.2 Å². The molecule has 0 aliphatic heterocycles. The van der Waals surface area contributed by atoms with Crippen molar-refractivity contribution in [3.05, 3.63) is 59.2 Å². The van der Waals surface area contributed by atoms with Gasteiger partial charge < -0.3 is 20.0 Å². The zero-order chi connectivity index (χ0) is 16.8. The topological polar surface area (TPSA) is 83.1 Å². The summed E-state index contributed by atoms with van der Waals surface area (Å²) in [6, 6.07) is 12.3. The Balaban J connectivity index is 2.21. The van der Waals surface area contributed by atoms with Gasteiger partial charge in [-0.2, -0.15) is 0 Å². The molecule has 6 nitrogen and oxygen atoms in total. The predicted molar refractivity (Wildman–Crippen MR) is 86.9 cm³/mol. The van der Waals surface area contributed by atoms with E-state index < -0.39 is 5.97 Å². The molecule has 0 radical (unpaired) electrons. The minimum atomic E-state index is -0.684. The lowest BCUT2D eigenvalue weighted by Crippen LogP contribution is -2.15. The SMILES string of the molecule is COc1cccc(C(=O)O/N=C(\N)c2cccc(C)c2)c1OC. The third-order valence-corrected chi connectivity index (χ3v) is 3.16. The number of nitrogens with two attached hydrogens (primary N) is 1. The van der Waals surface area contributed by atoms with Crippen LogP contribution in [0.3, 0.4) is 0 Å². The molecule has 0 atom stereocenters. The Kier molecular flexibility index (Phi) is 5.19. The van der Waals surface area contributed by atoms with E-state index in [9.17, 15) is 4.79 Å². The van der Waals surface area contributed by atoms with Gasteiger partial charge in [-0.15, -0.1) is 0 Å². The number of carbonyl (C=O) groups excluding carboxylic acids is 1. The highest BCUT2D eigenvalue weighted by atomic mass is 16.7. The number of rotatable bonds is 5. The molecule has 23 heavy (non-hydrogen) atoms. The van der Waals surface area contributed by atoms with Gasteiger partial charge in [-0.3, -0.25) is 0 Å². The van der Waals surface area contributed by atoms with E-state index in [2.05, 4.69) is 5.16 Å². The maximum atomic E-state index is 12.2. The summed E-state index contributed by atoms with van der Waals surface area (Å²) < 4.78 is 10.3. The van der Waals surface area contributed by atoms with E-state index >= 15 is 0 Å². The van der Waals surface area contributed by atoms with Crippen molar-refractivity contribution >= 4 is 11.8 Å². The van der Waals surface area contributed by atoms with Gasteiger partial charge in [-0.25, -0.2) is 4.79 Å². The van der Waals surface area contributed by atoms with E-state index in [1.807, 2.05) is 25.1 Å². The third kappa shape index (κ3) is 3.79. The fourth-order valence-corrected chi connectivity index (χ4v) is 2.04. The van der Waals surface area contributed by atoms with Crippen molar-refractivity contribution in [2.45, 2.75) is 6.92 Å². The molecule has 2 aromatic rings. The third-order valence-electron chi connectivity index (χ3n) is 3.16. The maximum Gasteiger partial charge on any atom is 0.369 e. The number of carbonyl (C=O) groups is 1. The number of methoxy groups -OCH3 is 2. The van der Waals surface area contributed by atoms with Crippen LogP contribution in [-0.4, -0.2) is 26.0 Å². The number of benzene rings is 2. The zero-order valence-corrected chi connectivity index (χ0v) is 13.2. The highest BCUT2D eigenvalue weighted by Crippen LogP contribution is 2.31. The Bertz CT molecular complexity index is 741. The molecule has 0 bridgehead atoms. The van der Waals surface area contributed by atoms with E-state index in [-0.39, 0.29) is 17.1 Å². The predicted octanol–water partition coefficient (Wildman–Crippen LogP) is 2.49. The van der Waals surface area contributed by atoms with Crippen molar-refractivity contribution in [3.8, 4) is 11.5 Å². The van der Waals surface area contributed by atoms with Crippen molar-refractivity contribution in [3.63, 3.8) is 0 Å². The second kappa shape index (κ2) is 7.31. The molecule has 2 aromatic carbocycles. The quantitative estimate of drug-likeness (QED) is 0.397. The van der Waals surface area contributed by atoms with E-state index in [1.54, 1.807) is 24.3 Å². The normalized spacial score (nSPS) is 11.0. The fourth-order valence-electron chi connectivity index (χ4n) is 2.04. The summed E-state index contributed by atoms with van der Waals surface area (Å²) in [7, 11) is 2.93. The van der Waals surface area contributed by atoms with Crippen LogP contribution in [0.25, 0.3) is 0 Å². The molecular weight excluding hydrogens is 296 g/mol. The summed E-state index contributed by atoms with van der Waals surface area (Å²) in [5, 5.41) is 3.69. The molecule has 0 unspecified atom stereocenters. The van der Waals surface area contributed by atoms with Gasteiger partial charge in [-0.1, -0.05) is 35.0 Å². The molecule has 0 aliphatic carbocycles. The monoisotopic (exact) mass is 314 g/mol. The van der Waals surface area contributed by atoms with Gasteiger partial charge in [-0.05, 0) is 25.1 Å². The fraction of sp³-hybridized carbons (Fsp3) is 0.176. The molecule has 0 aliphatic rings. The molecule has 6 heteroatoms. The lowest BCUT2D eigenvalue weighted by molar-refractivity contribution is 0.0511. The highest BCUT2D eigenvalue weighted by Gasteiger charge is 2.18. The van der Waals surface area contributed by atoms with Gasteiger partial charge in [0, 0.05) is 5.56 Å². The standard InChI is InChI=1S/C17H18N2O4/c1-11-6-4-7-12(10-11)16(18)19-23-17(20)13-8-5-9-14(21-2)15(13)22-3/h4-10H,1-3H3,(H2,18,19). The second-order valence-corrected chi connectivity index (χ2v) is 4.77. The van der Waals surface area contributed by atoms with Gasteiger partial charge in [0.25, 0.3) is 0 Å². The minimum absolute atomic E-state index is 0.115. The minimum Gasteiger partial charge on any atom is -0.493 e. The summed E-state index contributed by atoms with van der Waals surface area (Å²) in [6.45, 7) is 1.93. The molecule has 2 rings (SSSR count). The number of oxime groups is 1. The van der Waals surface area contributed by atoms with E-state index in [0.29, 0.717) is 11.3 Å². The molecule has 0 saturated heterocycles. The van der Waals surface area contributed by atoms with Crippen LogP contribution in [0, 0.1) is 6.92 Å². The van der Waals surface area contributed by atoms with Crippen LogP contribution >= 0.6 is 0 Å². The number of hydrogen-bond acceptors (Lipinski definition) is 5. The molecule has 0 spiro atoms. The largest absolute Gasteiger partial charge is 0.493 e. The summed E-state index contributed by atoms with van der Waals surface area (Å²) in [6.07, 6.45) is 0. The number of hydrogen-bond donors (Lipinski definition) is 1. The number of para-hydroxylation sites is 1. The van der Waals surface area contributed by atoms with Crippen molar-refractivity contribution < 1.29 is 19.1 Å². The van der Waals surface area contributed by atoms with Crippen LogP contribution in [-0.2, 0) is 4.84 Å². The van der Waals surface area contributed by atoms with Crippen LogP contribution in [0.15, 0.2) is 47.6 Å². The lowest BCUT2D eigenvalue weighted by atomic mass is 10.1. The van der Waals surface area contributed by atoms with Crippen LogP contribution in [0.1, 0.15) is 21.5 Å². The Morgan fingerprint density at radius 2 is 1.83 bits per heavy atom. The molecule has 0 amide bonds. The number of amidine groups is 1. The Labute approximate surface area is 134 Å². The van der Waals surface area contributed by atoms with Crippen LogP contribution in [0.5, 0.6) is 11.5 Å². The lowest BCUT2D eigenvalue weighted by Gasteiger charge is -2.10.